The number of halogens is 1. The Kier molecular flexibility index (Phi) is 5.53. The van der Waals surface area contributed by atoms with Gasteiger partial charge in [0.25, 0.3) is 11.5 Å². The average Bonchev–Trinajstić information content (AvgIpc) is 3.51. The van der Waals surface area contributed by atoms with Gasteiger partial charge in [0.1, 0.15) is 11.6 Å². The van der Waals surface area contributed by atoms with E-state index in [1.165, 1.54) is 24.3 Å². The van der Waals surface area contributed by atoms with Crippen LogP contribution in [0.4, 0.5) is 4.39 Å². The number of nitrogens with one attached hydrogen (secondary N) is 1. The maximum Gasteiger partial charge on any atom is 0.256 e. The first kappa shape index (κ1) is 20.8. The molecule has 2 fully saturated rings. The van der Waals surface area contributed by atoms with Crippen LogP contribution in [0.15, 0.2) is 29.1 Å². The molecule has 1 atom stereocenters. The SMILES string of the molecule is O=C(c1ccc(F)cc1)N1CCc2nc([C@H]3CCCN3C(=O)C3CCCC3)[nH]c(=O)c2C1. The highest BCUT2D eigenvalue weighted by Crippen LogP contribution is 2.35. The number of likely N-dealkylation sites (tertiary alicyclic amines) is 1. The summed E-state index contributed by atoms with van der Waals surface area (Å²) in [4.78, 5) is 49.9. The van der Waals surface area contributed by atoms with Crippen molar-refractivity contribution in [2.75, 3.05) is 13.1 Å². The second-order valence-corrected chi connectivity index (χ2v) is 9.03. The van der Waals surface area contributed by atoms with Gasteiger partial charge in [-0.1, -0.05) is 12.8 Å². The maximum atomic E-state index is 13.2. The Morgan fingerprint density at radius 3 is 2.53 bits per heavy atom. The Morgan fingerprint density at radius 2 is 1.78 bits per heavy atom. The Balaban J connectivity index is 1.36. The van der Waals surface area contributed by atoms with Crippen molar-refractivity contribution in [1.82, 2.24) is 19.8 Å². The van der Waals surface area contributed by atoms with Crippen molar-refractivity contribution in [3.05, 3.63) is 63.1 Å². The summed E-state index contributed by atoms with van der Waals surface area (Å²) >= 11 is 0. The van der Waals surface area contributed by atoms with Crippen LogP contribution in [-0.2, 0) is 17.8 Å². The number of fused-ring (bicyclic) bond motifs is 1. The largest absolute Gasteiger partial charge is 0.334 e. The molecule has 3 heterocycles. The molecule has 0 unspecified atom stereocenters. The molecule has 1 aliphatic carbocycles. The van der Waals surface area contributed by atoms with Gasteiger partial charge in [-0.05, 0) is 49.9 Å². The lowest BCUT2D eigenvalue weighted by molar-refractivity contribution is -0.136. The first-order valence-corrected chi connectivity index (χ1v) is 11.5. The summed E-state index contributed by atoms with van der Waals surface area (Å²) in [6.45, 7) is 1.32. The lowest BCUT2D eigenvalue weighted by Gasteiger charge is -2.30. The fourth-order valence-electron chi connectivity index (χ4n) is 5.27. The Hall–Kier alpha value is -3.03. The van der Waals surface area contributed by atoms with Gasteiger partial charge in [0.15, 0.2) is 0 Å². The first-order valence-electron chi connectivity index (χ1n) is 11.5. The van der Waals surface area contributed by atoms with Crippen molar-refractivity contribution < 1.29 is 14.0 Å². The van der Waals surface area contributed by atoms with Crippen LogP contribution in [0.1, 0.15) is 72.0 Å². The van der Waals surface area contributed by atoms with Crippen LogP contribution in [0, 0.1) is 11.7 Å². The third kappa shape index (κ3) is 3.82. The number of aromatic nitrogens is 2. The number of H-pyrrole nitrogens is 1. The number of aromatic amines is 1. The number of hydrogen-bond donors (Lipinski definition) is 1. The van der Waals surface area contributed by atoms with E-state index in [0.717, 1.165) is 38.5 Å². The summed E-state index contributed by atoms with van der Waals surface area (Å²) in [7, 11) is 0. The molecule has 168 valence electrons. The van der Waals surface area contributed by atoms with E-state index in [1.54, 1.807) is 4.90 Å². The average molecular weight is 439 g/mol. The van der Waals surface area contributed by atoms with Crippen LogP contribution in [0.25, 0.3) is 0 Å². The van der Waals surface area contributed by atoms with Crippen molar-refractivity contribution in [1.29, 1.82) is 0 Å². The van der Waals surface area contributed by atoms with E-state index in [2.05, 4.69) is 4.98 Å². The van der Waals surface area contributed by atoms with Crippen molar-refractivity contribution in [3.63, 3.8) is 0 Å². The molecule has 2 aromatic rings. The summed E-state index contributed by atoms with van der Waals surface area (Å²) in [5.41, 5.74) is 1.33. The quantitative estimate of drug-likeness (QED) is 0.798. The molecule has 8 heteroatoms. The van der Waals surface area contributed by atoms with Crippen molar-refractivity contribution in [2.24, 2.45) is 5.92 Å². The minimum absolute atomic E-state index is 0.103. The molecule has 0 bridgehead atoms. The molecule has 1 saturated heterocycles. The van der Waals surface area contributed by atoms with Gasteiger partial charge in [0.05, 0.1) is 23.8 Å². The second-order valence-electron chi connectivity index (χ2n) is 9.03. The third-order valence-corrected chi connectivity index (χ3v) is 7.02. The predicted molar refractivity (Wildman–Crippen MR) is 115 cm³/mol. The number of carbonyl (C=O) groups excluding carboxylic acids is 2. The van der Waals surface area contributed by atoms with E-state index in [1.807, 2.05) is 4.90 Å². The number of rotatable bonds is 3. The molecule has 0 spiro atoms. The molecule has 0 radical (unpaired) electrons. The van der Waals surface area contributed by atoms with E-state index in [4.69, 9.17) is 4.98 Å². The van der Waals surface area contributed by atoms with Crippen LogP contribution < -0.4 is 5.56 Å². The molecule has 2 amide bonds. The van der Waals surface area contributed by atoms with Crippen LogP contribution in [-0.4, -0.2) is 44.7 Å². The zero-order valence-corrected chi connectivity index (χ0v) is 18.0. The Bertz CT molecular complexity index is 1090. The molecule has 1 N–H and O–H groups in total. The molecule has 3 aliphatic rings. The minimum Gasteiger partial charge on any atom is -0.334 e. The van der Waals surface area contributed by atoms with Crippen molar-refractivity contribution >= 4 is 11.8 Å². The van der Waals surface area contributed by atoms with E-state index in [0.29, 0.717) is 42.2 Å². The molecule has 2 aliphatic heterocycles. The fraction of sp³-hybridized carbons (Fsp3) is 0.500. The lowest BCUT2D eigenvalue weighted by Crippen LogP contribution is -2.41. The Labute approximate surface area is 185 Å². The molecule has 1 aromatic heterocycles. The first-order chi connectivity index (χ1) is 15.5. The van der Waals surface area contributed by atoms with E-state index in [9.17, 15) is 18.8 Å². The molecule has 1 saturated carbocycles. The maximum absolute atomic E-state index is 13.2. The summed E-state index contributed by atoms with van der Waals surface area (Å²) in [6.07, 6.45) is 6.30. The molecule has 5 rings (SSSR count). The smallest absolute Gasteiger partial charge is 0.256 e. The zero-order chi connectivity index (χ0) is 22.2. The van der Waals surface area contributed by atoms with Gasteiger partial charge in [-0.2, -0.15) is 0 Å². The highest BCUT2D eigenvalue weighted by Gasteiger charge is 2.37. The van der Waals surface area contributed by atoms with Gasteiger partial charge in [0.2, 0.25) is 5.91 Å². The molecular formula is C24H27FN4O3. The highest BCUT2D eigenvalue weighted by molar-refractivity contribution is 5.94. The summed E-state index contributed by atoms with van der Waals surface area (Å²) in [5.74, 6) is 0.234. The van der Waals surface area contributed by atoms with E-state index < -0.39 is 5.82 Å². The van der Waals surface area contributed by atoms with Gasteiger partial charge in [-0.15, -0.1) is 0 Å². The Morgan fingerprint density at radius 1 is 1.03 bits per heavy atom. The van der Waals surface area contributed by atoms with Gasteiger partial charge in [-0.25, -0.2) is 9.37 Å². The second kappa shape index (κ2) is 8.48. The van der Waals surface area contributed by atoms with Gasteiger partial charge in [0, 0.05) is 31.0 Å². The zero-order valence-electron chi connectivity index (χ0n) is 18.0. The molecule has 1 aromatic carbocycles. The number of nitrogens with zero attached hydrogens (tertiary/aromatic N) is 3. The van der Waals surface area contributed by atoms with Crippen LogP contribution >= 0.6 is 0 Å². The monoisotopic (exact) mass is 438 g/mol. The van der Waals surface area contributed by atoms with Gasteiger partial charge in [-0.3, -0.25) is 14.4 Å². The van der Waals surface area contributed by atoms with E-state index in [-0.39, 0.29) is 35.9 Å². The van der Waals surface area contributed by atoms with Crippen molar-refractivity contribution in [3.8, 4) is 0 Å². The van der Waals surface area contributed by atoms with Crippen LogP contribution in [0.5, 0.6) is 0 Å². The topological polar surface area (TPSA) is 86.4 Å². The number of carbonyl (C=O) groups is 2. The molecule has 7 nitrogen and oxygen atoms in total. The van der Waals surface area contributed by atoms with Gasteiger partial charge >= 0.3 is 0 Å². The van der Waals surface area contributed by atoms with E-state index >= 15 is 0 Å². The number of hydrogen-bond acceptors (Lipinski definition) is 4. The lowest BCUT2D eigenvalue weighted by atomic mass is 10.0. The highest BCUT2D eigenvalue weighted by atomic mass is 19.1. The van der Waals surface area contributed by atoms with Crippen LogP contribution in [0.3, 0.4) is 0 Å². The third-order valence-electron chi connectivity index (χ3n) is 7.02. The fourth-order valence-corrected chi connectivity index (χ4v) is 5.27. The summed E-state index contributed by atoms with van der Waals surface area (Å²) in [5, 5.41) is 0. The van der Waals surface area contributed by atoms with Crippen LogP contribution in [0.2, 0.25) is 0 Å². The molecular weight excluding hydrogens is 411 g/mol. The normalized spacial score (nSPS) is 21.1. The predicted octanol–water partition coefficient (Wildman–Crippen LogP) is 2.96. The standard InChI is InChI=1S/C24H27FN4O3/c25-17-9-7-16(8-10-17)23(31)28-13-11-19-18(14-28)22(30)27-21(26-19)20-6-3-12-29(20)24(32)15-4-1-2-5-15/h7-10,15,20H,1-6,11-14H2,(H,26,27,30)/t20-/m1/s1. The summed E-state index contributed by atoms with van der Waals surface area (Å²) < 4.78 is 13.2. The summed E-state index contributed by atoms with van der Waals surface area (Å²) in [6, 6.07) is 5.24. The number of benzene rings is 1. The van der Waals surface area contributed by atoms with Crippen molar-refractivity contribution in [2.45, 2.75) is 57.5 Å². The van der Waals surface area contributed by atoms with Gasteiger partial charge < -0.3 is 14.8 Å². The molecule has 32 heavy (non-hydrogen) atoms. The number of amides is 2. The minimum atomic E-state index is -0.397.